The van der Waals surface area contributed by atoms with E-state index in [-0.39, 0.29) is 0 Å². The molecule has 0 aliphatic carbocycles. The maximum Gasteiger partial charge on any atom is 0.113 e. The Morgan fingerprint density at radius 3 is 1.40 bits per heavy atom. The Balaban J connectivity index is 1.17. The summed E-state index contributed by atoms with van der Waals surface area (Å²) in [5, 5.41) is 22.1. The first-order valence-electron chi connectivity index (χ1n) is 12.9. The zero-order valence-electron chi connectivity index (χ0n) is 21.9. The number of rotatable bonds is 6. The zero-order valence-corrected chi connectivity index (χ0v) is 23.5. The lowest BCUT2D eigenvalue weighted by Gasteiger charge is -2.09. The molecule has 3 aromatic carbocycles. The topological polar surface area (TPSA) is 61.4 Å². The number of thiophene rings is 2. The van der Waals surface area contributed by atoms with Gasteiger partial charge in [-0.1, -0.05) is 52.9 Å². The monoisotopic (exact) mass is 556 g/mol. The largest absolute Gasteiger partial charge is 0.220 e. The summed E-state index contributed by atoms with van der Waals surface area (Å²) in [6.07, 6.45) is 3.96. The predicted octanol–water partition coefficient (Wildman–Crippen LogP) is 8.26. The van der Waals surface area contributed by atoms with E-state index < -0.39 is 0 Å². The summed E-state index contributed by atoms with van der Waals surface area (Å²) in [6, 6.07) is 29.5. The molecule has 6 nitrogen and oxygen atoms in total. The van der Waals surface area contributed by atoms with Crippen molar-refractivity contribution in [1.29, 1.82) is 0 Å². The van der Waals surface area contributed by atoms with Crippen molar-refractivity contribution in [2.75, 3.05) is 0 Å². The molecule has 40 heavy (non-hydrogen) atoms. The summed E-state index contributed by atoms with van der Waals surface area (Å²) in [7, 11) is 0. The highest BCUT2D eigenvalue weighted by Crippen LogP contribution is 2.32. The van der Waals surface area contributed by atoms with Crippen LogP contribution in [0.25, 0.3) is 54.8 Å². The van der Waals surface area contributed by atoms with Crippen molar-refractivity contribution in [2.24, 2.45) is 0 Å². The van der Waals surface area contributed by atoms with E-state index in [1.165, 1.54) is 20.9 Å². The van der Waals surface area contributed by atoms with Gasteiger partial charge in [-0.2, -0.15) is 0 Å². The molecule has 0 bridgehead atoms. The van der Waals surface area contributed by atoms with Gasteiger partial charge in [0.15, 0.2) is 0 Å². The summed E-state index contributed by atoms with van der Waals surface area (Å²) in [5.74, 6) is 0. The van der Waals surface area contributed by atoms with Gasteiger partial charge in [0.1, 0.15) is 11.4 Å². The van der Waals surface area contributed by atoms with Crippen LogP contribution in [0.15, 0.2) is 108 Å². The highest BCUT2D eigenvalue weighted by molar-refractivity contribution is 7.13. The van der Waals surface area contributed by atoms with Crippen LogP contribution in [-0.4, -0.2) is 30.0 Å². The molecular weight excluding hydrogens is 533 g/mol. The molecule has 0 radical (unpaired) electrons. The van der Waals surface area contributed by atoms with Gasteiger partial charge < -0.3 is 0 Å². The van der Waals surface area contributed by atoms with E-state index in [9.17, 15) is 0 Å². The van der Waals surface area contributed by atoms with E-state index in [0.29, 0.717) is 0 Å². The number of aromatic nitrogens is 6. The van der Waals surface area contributed by atoms with E-state index in [4.69, 9.17) is 0 Å². The third-order valence-corrected chi connectivity index (χ3v) is 8.82. The van der Waals surface area contributed by atoms with Crippen molar-refractivity contribution in [1.82, 2.24) is 30.0 Å². The van der Waals surface area contributed by atoms with Crippen LogP contribution in [-0.2, 0) is 0 Å². The van der Waals surface area contributed by atoms with Gasteiger partial charge in [0.2, 0.25) is 0 Å². The maximum atomic E-state index is 4.52. The first-order chi connectivity index (χ1) is 19.6. The van der Waals surface area contributed by atoms with E-state index in [2.05, 4.69) is 130 Å². The molecule has 0 fully saturated rings. The van der Waals surface area contributed by atoms with Crippen LogP contribution in [0.1, 0.15) is 11.1 Å². The molecule has 194 valence electrons. The fourth-order valence-corrected chi connectivity index (χ4v) is 6.34. The van der Waals surface area contributed by atoms with Gasteiger partial charge in [-0.25, -0.2) is 9.36 Å². The Hall–Kier alpha value is -4.66. The quantitative estimate of drug-likeness (QED) is 0.207. The molecule has 7 aromatic rings. The number of nitrogens with zero attached hydrogens (tertiary/aromatic N) is 6. The third kappa shape index (κ3) is 4.57. The molecule has 0 aliphatic heterocycles. The fourth-order valence-electron chi connectivity index (χ4n) is 4.87. The summed E-state index contributed by atoms with van der Waals surface area (Å²) in [5.41, 5.74) is 10.3. The van der Waals surface area contributed by atoms with Crippen LogP contribution < -0.4 is 0 Å². The zero-order chi connectivity index (χ0) is 27.1. The van der Waals surface area contributed by atoms with Gasteiger partial charge in [0.05, 0.1) is 23.8 Å². The lowest BCUT2D eigenvalue weighted by molar-refractivity contribution is 0.804. The van der Waals surface area contributed by atoms with E-state index in [1.54, 1.807) is 22.7 Å². The Morgan fingerprint density at radius 2 is 1.00 bits per heavy atom. The first kappa shape index (κ1) is 24.4. The Kier molecular flexibility index (Phi) is 6.18. The van der Waals surface area contributed by atoms with Gasteiger partial charge in [0, 0.05) is 20.9 Å². The molecule has 0 unspecified atom stereocenters. The van der Waals surface area contributed by atoms with Crippen LogP contribution in [0.5, 0.6) is 0 Å². The third-order valence-electron chi connectivity index (χ3n) is 6.99. The van der Waals surface area contributed by atoms with Gasteiger partial charge >= 0.3 is 0 Å². The van der Waals surface area contributed by atoms with Crippen molar-refractivity contribution in [3.63, 3.8) is 0 Å². The molecule has 7 rings (SSSR count). The molecular formula is C32H24N6S2. The smallest absolute Gasteiger partial charge is 0.113 e. The summed E-state index contributed by atoms with van der Waals surface area (Å²) < 4.78 is 3.64. The summed E-state index contributed by atoms with van der Waals surface area (Å²) in [6.45, 7) is 4.21. The van der Waals surface area contributed by atoms with E-state index in [1.807, 2.05) is 21.8 Å². The van der Waals surface area contributed by atoms with Gasteiger partial charge in [0.25, 0.3) is 0 Å². The highest BCUT2D eigenvalue weighted by Gasteiger charge is 2.15. The van der Waals surface area contributed by atoms with Crippen LogP contribution >= 0.6 is 22.7 Å². The average Bonchev–Trinajstić information content (AvgIpc) is 3.81. The Morgan fingerprint density at radius 1 is 0.550 bits per heavy atom. The number of benzene rings is 3. The van der Waals surface area contributed by atoms with Crippen LogP contribution in [0.2, 0.25) is 0 Å². The highest BCUT2D eigenvalue weighted by atomic mass is 32.1. The molecule has 0 aliphatic rings. The van der Waals surface area contributed by atoms with Crippen molar-refractivity contribution >= 4 is 22.7 Å². The molecule has 4 heterocycles. The number of hydrogen-bond donors (Lipinski definition) is 0. The molecule has 0 saturated carbocycles. The lowest BCUT2D eigenvalue weighted by Crippen LogP contribution is -1.94. The van der Waals surface area contributed by atoms with Gasteiger partial charge in [-0.3, -0.25) is 0 Å². The van der Waals surface area contributed by atoms with Crippen LogP contribution in [0.3, 0.4) is 0 Å². The molecule has 0 atom stereocenters. The van der Waals surface area contributed by atoms with Crippen molar-refractivity contribution in [3.8, 4) is 54.8 Å². The minimum atomic E-state index is 0.817. The summed E-state index contributed by atoms with van der Waals surface area (Å²) >= 11 is 3.47. The van der Waals surface area contributed by atoms with Gasteiger partial charge in [-0.05, 0) is 89.3 Å². The molecule has 0 N–H and O–H groups in total. The molecule has 0 saturated heterocycles. The SMILES string of the molecule is Cc1cc(C)c(-c2cn(-c3ccc(-c4cccs4)cc3)nn2)cc1-c1cn(-c2ccc(-c3cccs3)cc2)nn1. The van der Waals surface area contributed by atoms with Crippen molar-refractivity contribution < 1.29 is 0 Å². The summed E-state index contributed by atoms with van der Waals surface area (Å²) in [4.78, 5) is 2.50. The van der Waals surface area contributed by atoms with E-state index in [0.717, 1.165) is 45.0 Å². The Bertz CT molecular complexity index is 1760. The number of aryl methyl sites for hydroxylation is 2. The Labute approximate surface area is 239 Å². The second kappa shape index (κ2) is 10.1. The predicted molar refractivity (Wildman–Crippen MR) is 163 cm³/mol. The fraction of sp³-hybridized carbons (Fsp3) is 0.0625. The second-order valence-corrected chi connectivity index (χ2v) is 11.5. The molecule has 4 aromatic heterocycles. The minimum absolute atomic E-state index is 0.817. The van der Waals surface area contributed by atoms with Crippen LogP contribution in [0.4, 0.5) is 0 Å². The second-order valence-electron chi connectivity index (χ2n) is 9.63. The molecule has 8 heteroatoms. The van der Waals surface area contributed by atoms with E-state index >= 15 is 0 Å². The maximum absolute atomic E-state index is 4.52. The van der Waals surface area contributed by atoms with Crippen LogP contribution in [0, 0.1) is 13.8 Å². The van der Waals surface area contributed by atoms with Crippen molar-refractivity contribution in [3.05, 3.63) is 119 Å². The average molecular weight is 557 g/mol. The normalized spacial score (nSPS) is 11.2. The standard InChI is InChI=1S/C32H24N6S2/c1-21-17-22(2)28(30-20-38(36-34-30)26-13-9-24(10-14-26)32-6-4-16-40-32)18-27(21)29-19-37(35-33-29)25-11-7-23(8-12-25)31-5-3-15-39-31/h3-20H,1-2H3. The van der Waals surface area contributed by atoms with Gasteiger partial charge in [-0.15, -0.1) is 32.9 Å². The van der Waals surface area contributed by atoms with Crippen molar-refractivity contribution in [2.45, 2.75) is 13.8 Å². The molecule has 0 spiro atoms. The molecule has 0 amide bonds. The lowest BCUT2D eigenvalue weighted by atomic mass is 9.97. The number of hydrogen-bond acceptors (Lipinski definition) is 6. The minimum Gasteiger partial charge on any atom is -0.220 e. The first-order valence-corrected chi connectivity index (χ1v) is 14.6.